The van der Waals surface area contributed by atoms with Crippen LogP contribution in [0.25, 0.3) is 0 Å². The summed E-state index contributed by atoms with van der Waals surface area (Å²) in [6.45, 7) is 7.41. The molecule has 0 aliphatic carbocycles. The number of rotatable bonds is 5. The van der Waals surface area contributed by atoms with E-state index in [1.165, 1.54) is 0 Å². The van der Waals surface area contributed by atoms with Crippen LogP contribution in [0.5, 0.6) is 0 Å². The molecule has 3 heterocycles. The summed E-state index contributed by atoms with van der Waals surface area (Å²) in [5.74, 6) is -0.530. The molecule has 2 saturated heterocycles. The minimum absolute atomic E-state index is 0.175. The molecule has 0 bridgehead atoms. The number of carboxylic acid groups (broad SMARTS) is 2. The number of para-hydroxylation sites is 1. The zero-order valence-corrected chi connectivity index (χ0v) is 20.3. The third-order valence-corrected chi connectivity index (χ3v) is 7.29. The van der Waals surface area contributed by atoms with Crippen molar-refractivity contribution in [2.75, 3.05) is 31.1 Å². The van der Waals surface area contributed by atoms with Crippen LogP contribution in [-0.4, -0.2) is 58.7 Å². The van der Waals surface area contributed by atoms with Crippen molar-refractivity contribution < 1.29 is 19.8 Å². The fraction of sp³-hybridized carbons (Fsp3) is 0.458. The van der Waals surface area contributed by atoms with E-state index in [2.05, 4.69) is 35.8 Å². The molecule has 2 aliphatic rings. The lowest BCUT2D eigenvalue weighted by Crippen LogP contribution is -2.47. The summed E-state index contributed by atoms with van der Waals surface area (Å²) in [6, 6.07) is 9.88. The molecule has 1 aromatic heterocycles. The van der Waals surface area contributed by atoms with E-state index >= 15 is 0 Å². The van der Waals surface area contributed by atoms with Crippen molar-refractivity contribution in [2.24, 2.45) is 5.92 Å². The fourth-order valence-corrected chi connectivity index (χ4v) is 5.15. The number of carboxylic acids is 1. The molecule has 2 aliphatic heterocycles. The van der Waals surface area contributed by atoms with Gasteiger partial charge in [0.2, 0.25) is 0 Å². The van der Waals surface area contributed by atoms with Crippen molar-refractivity contribution in [2.45, 2.75) is 38.1 Å². The number of anilines is 1. The standard InChI is InChI=1S/C23H27Cl2N3O2.CH2O2/c1-23(2,28-10-8-15(9-11-28)22(29)30)17-6-7-20(26-12-17)16-13-27(14-16)21-18(24)4-3-5-19(21)25;2-1-3/h3-7,12,15-16H,8-11,13-14H2,1-2H3,(H,29,30);1H,(H,2,3). The Morgan fingerprint density at radius 2 is 1.70 bits per heavy atom. The van der Waals surface area contributed by atoms with Crippen LogP contribution < -0.4 is 4.90 Å². The lowest BCUT2D eigenvalue weighted by atomic mass is 9.87. The van der Waals surface area contributed by atoms with Crippen LogP contribution in [0.1, 0.15) is 43.9 Å². The SMILES string of the molecule is CC(C)(c1ccc(C2CN(c3c(Cl)cccc3Cl)C2)nc1)N1CCC(C(=O)O)CC1.O=CO. The number of aromatic nitrogens is 1. The summed E-state index contributed by atoms with van der Waals surface area (Å²) >= 11 is 12.6. The van der Waals surface area contributed by atoms with Gasteiger partial charge in [-0.2, -0.15) is 0 Å². The molecule has 178 valence electrons. The van der Waals surface area contributed by atoms with Crippen molar-refractivity contribution in [3.8, 4) is 0 Å². The van der Waals surface area contributed by atoms with E-state index in [0.717, 1.165) is 43.1 Å². The van der Waals surface area contributed by atoms with Crippen LogP contribution in [0.15, 0.2) is 36.5 Å². The molecule has 2 aromatic rings. The van der Waals surface area contributed by atoms with Gasteiger partial charge in [0.1, 0.15) is 0 Å². The number of halogens is 2. The molecule has 0 amide bonds. The number of aliphatic carboxylic acids is 1. The highest BCUT2D eigenvalue weighted by molar-refractivity contribution is 6.39. The molecule has 4 rings (SSSR count). The number of pyridine rings is 1. The van der Waals surface area contributed by atoms with E-state index in [4.69, 9.17) is 38.1 Å². The Labute approximate surface area is 203 Å². The van der Waals surface area contributed by atoms with Gasteiger partial charge in [-0.3, -0.25) is 19.5 Å². The van der Waals surface area contributed by atoms with Gasteiger partial charge < -0.3 is 15.1 Å². The summed E-state index contributed by atoms with van der Waals surface area (Å²) < 4.78 is 0. The molecule has 9 heteroatoms. The van der Waals surface area contributed by atoms with Gasteiger partial charge in [-0.1, -0.05) is 35.3 Å². The number of hydrogen-bond acceptors (Lipinski definition) is 5. The Kier molecular flexibility index (Phi) is 8.21. The normalized spacial score (nSPS) is 17.6. The maximum atomic E-state index is 11.2. The molecule has 0 radical (unpaired) electrons. The zero-order chi connectivity index (χ0) is 24.2. The second-order valence-electron chi connectivity index (χ2n) is 8.91. The molecule has 7 nitrogen and oxygen atoms in total. The summed E-state index contributed by atoms with van der Waals surface area (Å²) in [7, 11) is 0. The van der Waals surface area contributed by atoms with Gasteiger partial charge in [-0.05, 0) is 63.5 Å². The summed E-state index contributed by atoms with van der Waals surface area (Å²) in [4.78, 5) is 28.9. The average molecular weight is 494 g/mol. The number of hydrogen-bond donors (Lipinski definition) is 2. The predicted octanol–water partition coefficient (Wildman–Crippen LogP) is 4.72. The van der Waals surface area contributed by atoms with Crippen LogP contribution in [0.2, 0.25) is 10.0 Å². The van der Waals surface area contributed by atoms with Crippen LogP contribution >= 0.6 is 23.2 Å². The molecular weight excluding hydrogens is 465 g/mol. The van der Waals surface area contributed by atoms with Crippen LogP contribution in [-0.2, 0) is 15.1 Å². The van der Waals surface area contributed by atoms with Crippen molar-refractivity contribution in [3.63, 3.8) is 0 Å². The number of piperidine rings is 1. The number of benzene rings is 1. The lowest BCUT2D eigenvalue weighted by molar-refractivity contribution is -0.143. The minimum Gasteiger partial charge on any atom is -0.483 e. The number of carbonyl (C=O) groups is 2. The van der Waals surface area contributed by atoms with Crippen molar-refractivity contribution >= 4 is 41.3 Å². The van der Waals surface area contributed by atoms with Gasteiger partial charge in [0.25, 0.3) is 6.47 Å². The molecule has 0 unspecified atom stereocenters. The van der Waals surface area contributed by atoms with Gasteiger partial charge in [0.15, 0.2) is 0 Å². The fourth-order valence-electron chi connectivity index (χ4n) is 4.52. The molecule has 2 fully saturated rings. The number of nitrogens with zero attached hydrogens (tertiary/aromatic N) is 3. The van der Waals surface area contributed by atoms with Gasteiger partial charge in [0.05, 0.1) is 21.7 Å². The van der Waals surface area contributed by atoms with Crippen LogP contribution in [0.3, 0.4) is 0 Å². The topological polar surface area (TPSA) is 94.0 Å². The monoisotopic (exact) mass is 493 g/mol. The second kappa shape index (κ2) is 10.7. The highest BCUT2D eigenvalue weighted by Crippen LogP contribution is 2.40. The van der Waals surface area contributed by atoms with Crippen LogP contribution in [0, 0.1) is 5.92 Å². The van der Waals surface area contributed by atoms with E-state index in [9.17, 15) is 9.90 Å². The van der Waals surface area contributed by atoms with E-state index in [-0.39, 0.29) is 17.9 Å². The average Bonchev–Trinajstić information content (AvgIpc) is 2.76. The first kappa shape index (κ1) is 25.3. The quantitative estimate of drug-likeness (QED) is 0.581. The summed E-state index contributed by atoms with van der Waals surface area (Å²) in [5.41, 5.74) is 2.97. The first-order chi connectivity index (χ1) is 15.7. The van der Waals surface area contributed by atoms with E-state index in [1.54, 1.807) is 0 Å². The highest BCUT2D eigenvalue weighted by atomic mass is 35.5. The van der Waals surface area contributed by atoms with E-state index in [1.807, 2.05) is 24.4 Å². The molecule has 1 aromatic carbocycles. The van der Waals surface area contributed by atoms with Crippen LogP contribution in [0.4, 0.5) is 5.69 Å². The van der Waals surface area contributed by atoms with Crippen molar-refractivity contribution in [1.29, 1.82) is 0 Å². The third kappa shape index (κ3) is 5.60. The molecule has 0 spiro atoms. The molecule has 0 saturated carbocycles. The molecule has 2 N–H and O–H groups in total. The Morgan fingerprint density at radius 1 is 1.12 bits per heavy atom. The van der Waals surface area contributed by atoms with Crippen molar-refractivity contribution in [3.05, 3.63) is 57.8 Å². The Morgan fingerprint density at radius 3 is 2.18 bits per heavy atom. The van der Waals surface area contributed by atoms with Crippen molar-refractivity contribution in [1.82, 2.24) is 9.88 Å². The number of likely N-dealkylation sites (tertiary alicyclic amines) is 1. The predicted molar refractivity (Wildman–Crippen MR) is 129 cm³/mol. The second-order valence-corrected chi connectivity index (χ2v) is 9.72. The summed E-state index contributed by atoms with van der Waals surface area (Å²) in [6.07, 6.45) is 3.38. The third-order valence-electron chi connectivity index (χ3n) is 6.68. The van der Waals surface area contributed by atoms with Gasteiger partial charge in [-0.15, -0.1) is 0 Å². The molecule has 33 heavy (non-hydrogen) atoms. The van der Waals surface area contributed by atoms with E-state index < -0.39 is 5.97 Å². The Hall–Kier alpha value is -2.35. The van der Waals surface area contributed by atoms with Gasteiger partial charge in [0, 0.05) is 36.4 Å². The smallest absolute Gasteiger partial charge is 0.306 e. The molecular formula is C24H29Cl2N3O4. The largest absolute Gasteiger partial charge is 0.483 e. The minimum atomic E-state index is -0.675. The first-order valence-electron chi connectivity index (χ1n) is 10.9. The summed E-state index contributed by atoms with van der Waals surface area (Å²) in [5, 5.41) is 17.5. The zero-order valence-electron chi connectivity index (χ0n) is 18.7. The molecule has 0 atom stereocenters. The van der Waals surface area contributed by atoms with Gasteiger partial charge in [-0.25, -0.2) is 0 Å². The maximum Gasteiger partial charge on any atom is 0.306 e. The van der Waals surface area contributed by atoms with E-state index in [0.29, 0.717) is 28.8 Å². The lowest BCUT2D eigenvalue weighted by Gasteiger charge is -2.43. The Bertz CT molecular complexity index is 950. The first-order valence-corrected chi connectivity index (χ1v) is 11.7. The highest BCUT2D eigenvalue weighted by Gasteiger charge is 2.35. The van der Waals surface area contributed by atoms with Gasteiger partial charge >= 0.3 is 5.97 Å². The maximum absolute atomic E-state index is 11.2. The Balaban J connectivity index is 0.000000968.